The van der Waals surface area contributed by atoms with Gasteiger partial charge in [0.1, 0.15) is 5.69 Å². The van der Waals surface area contributed by atoms with E-state index in [4.69, 9.17) is 0 Å². The van der Waals surface area contributed by atoms with Crippen LogP contribution in [0.4, 0.5) is 0 Å². The van der Waals surface area contributed by atoms with Crippen LogP contribution in [0.15, 0.2) is 72.9 Å². The van der Waals surface area contributed by atoms with Crippen LogP contribution < -0.4 is 10.6 Å². The highest BCUT2D eigenvalue weighted by molar-refractivity contribution is 5.98. The monoisotopic (exact) mass is 373 g/mol. The van der Waals surface area contributed by atoms with Gasteiger partial charge in [-0.05, 0) is 36.6 Å². The Kier molecular flexibility index (Phi) is 6.52. The van der Waals surface area contributed by atoms with Crippen molar-refractivity contribution in [2.24, 2.45) is 0 Å². The molecule has 2 N–H and O–H groups in total. The summed E-state index contributed by atoms with van der Waals surface area (Å²) in [5.41, 5.74) is 3.98. The number of amides is 2. The van der Waals surface area contributed by atoms with Crippen LogP contribution in [0.3, 0.4) is 0 Å². The van der Waals surface area contributed by atoms with Crippen LogP contribution in [-0.2, 0) is 13.0 Å². The summed E-state index contributed by atoms with van der Waals surface area (Å²) < 4.78 is 0. The molecule has 0 saturated carbocycles. The molecule has 0 bridgehead atoms. The Hall–Kier alpha value is -3.47. The number of pyridine rings is 1. The van der Waals surface area contributed by atoms with E-state index in [1.165, 1.54) is 17.8 Å². The molecule has 0 unspecified atom stereocenters. The Morgan fingerprint density at radius 1 is 0.857 bits per heavy atom. The highest BCUT2D eigenvalue weighted by Gasteiger charge is 2.11. The lowest BCUT2D eigenvalue weighted by Gasteiger charge is -2.08. The Bertz CT molecular complexity index is 938. The summed E-state index contributed by atoms with van der Waals surface area (Å²) in [7, 11) is 0. The van der Waals surface area contributed by atoms with Crippen LogP contribution in [0.1, 0.15) is 37.5 Å². The number of rotatable bonds is 7. The summed E-state index contributed by atoms with van der Waals surface area (Å²) in [6.07, 6.45) is 2.23. The minimum absolute atomic E-state index is 0.217. The zero-order valence-corrected chi connectivity index (χ0v) is 15.8. The van der Waals surface area contributed by atoms with Crippen LogP contribution in [0, 0.1) is 6.92 Å². The maximum Gasteiger partial charge on any atom is 0.270 e. The van der Waals surface area contributed by atoms with Crippen molar-refractivity contribution in [2.45, 2.75) is 19.9 Å². The van der Waals surface area contributed by atoms with E-state index in [2.05, 4.69) is 15.6 Å². The molecule has 0 aliphatic heterocycles. The molecule has 2 amide bonds. The van der Waals surface area contributed by atoms with E-state index >= 15 is 0 Å². The second kappa shape index (κ2) is 9.46. The summed E-state index contributed by atoms with van der Waals surface area (Å²) >= 11 is 0. The van der Waals surface area contributed by atoms with Gasteiger partial charge in [0, 0.05) is 24.8 Å². The third-order valence-electron chi connectivity index (χ3n) is 4.37. The average Bonchev–Trinajstić information content (AvgIpc) is 2.74. The molecule has 0 aliphatic carbocycles. The smallest absolute Gasteiger partial charge is 0.270 e. The molecular formula is C23H23N3O2. The molecule has 0 spiro atoms. The molecule has 0 aliphatic rings. The maximum absolute atomic E-state index is 12.4. The van der Waals surface area contributed by atoms with Crippen LogP contribution >= 0.6 is 0 Å². The van der Waals surface area contributed by atoms with E-state index in [0.717, 1.165) is 17.5 Å². The summed E-state index contributed by atoms with van der Waals surface area (Å²) in [4.78, 5) is 28.8. The second-order valence-electron chi connectivity index (χ2n) is 6.59. The van der Waals surface area contributed by atoms with Gasteiger partial charge in [0.25, 0.3) is 11.8 Å². The van der Waals surface area contributed by atoms with E-state index in [1.807, 2.05) is 61.5 Å². The molecule has 3 aromatic rings. The van der Waals surface area contributed by atoms with Crippen molar-refractivity contribution in [1.82, 2.24) is 15.6 Å². The maximum atomic E-state index is 12.4. The van der Waals surface area contributed by atoms with E-state index in [0.29, 0.717) is 18.7 Å². The van der Waals surface area contributed by atoms with E-state index in [9.17, 15) is 9.59 Å². The van der Waals surface area contributed by atoms with Crippen molar-refractivity contribution in [3.63, 3.8) is 0 Å². The van der Waals surface area contributed by atoms with Gasteiger partial charge in [-0.1, -0.05) is 60.2 Å². The first-order valence-electron chi connectivity index (χ1n) is 9.24. The third-order valence-corrected chi connectivity index (χ3v) is 4.37. The van der Waals surface area contributed by atoms with Gasteiger partial charge in [-0.3, -0.25) is 14.6 Å². The summed E-state index contributed by atoms with van der Waals surface area (Å²) in [6.45, 7) is 2.96. The Morgan fingerprint density at radius 2 is 1.61 bits per heavy atom. The van der Waals surface area contributed by atoms with Gasteiger partial charge in [-0.15, -0.1) is 0 Å². The Labute approximate surface area is 164 Å². The normalized spacial score (nSPS) is 10.3. The number of benzene rings is 2. The molecule has 5 nitrogen and oxygen atoms in total. The van der Waals surface area contributed by atoms with Crippen molar-refractivity contribution in [1.29, 1.82) is 0 Å². The number of nitrogens with one attached hydrogen (secondary N) is 2. The van der Waals surface area contributed by atoms with Crippen molar-refractivity contribution in [3.05, 3.63) is 101 Å². The number of carbonyl (C=O) groups is 2. The fourth-order valence-corrected chi connectivity index (χ4v) is 2.74. The Balaban J connectivity index is 1.54. The molecule has 3 rings (SSSR count). The fraction of sp³-hybridized carbons (Fsp3) is 0.174. The fourth-order valence-electron chi connectivity index (χ4n) is 2.74. The molecule has 28 heavy (non-hydrogen) atoms. The first kappa shape index (κ1) is 19.3. The zero-order chi connectivity index (χ0) is 19.8. The van der Waals surface area contributed by atoms with Gasteiger partial charge in [-0.2, -0.15) is 0 Å². The lowest BCUT2D eigenvalue weighted by molar-refractivity contribution is 0.0946. The van der Waals surface area contributed by atoms with Crippen molar-refractivity contribution < 1.29 is 9.59 Å². The first-order chi connectivity index (χ1) is 13.6. The zero-order valence-electron chi connectivity index (χ0n) is 15.8. The SMILES string of the molecule is Cc1ccc(CNC(=O)c2cc(C(=O)NCCc3ccccc3)ccn2)cc1. The highest BCUT2D eigenvalue weighted by Crippen LogP contribution is 2.05. The van der Waals surface area contributed by atoms with Crippen LogP contribution in [0.5, 0.6) is 0 Å². The molecular weight excluding hydrogens is 350 g/mol. The summed E-state index contributed by atoms with van der Waals surface area (Å²) in [5, 5.41) is 5.71. The molecule has 0 atom stereocenters. The van der Waals surface area contributed by atoms with E-state index < -0.39 is 0 Å². The first-order valence-corrected chi connectivity index (χ1v) is 9.24. The van der Waals surface area contributed by atoms with Crippen LogP contribution in [-0.4, -0.2) is 23.3 Å². The molecule has 0 saturated heterocycles. The number of aromatic nitrogens is 1. The minimum Gasteiger partial charge on any atom is -0.352 e. The highest BCUT2D eigenvalue weighted by atomic mass is 16.2. The van der Waals surface area contributed by atoms with Crippen molar-refractivity contribution in [3.8, 4) is 0 Å². The Morgan fingerprint density at radius 3 is 2.36 bits per heavy atom. The van der Waals surface area contributed by atoms with Crippen LogP contribution in [0.2, 0.25) is 0 Å². The average molecular weight is 373 g/mol. The largest absolute Gasteiger partial charge is 0.352 e. The van der Waals surface area contributed by atoms with E-state index in [-0.39, 0.29) is 17.5 Å². The second-order valence-corrected chi connectivity index (χ2v) is 6.59. The molecule has 0 radical (unpaired) electrons. The lowest BCUT2D eigenvalue weighted by Crippen LogP contribution is -2.27. The van der Waals surface area contributed by atoms with E-state index in [1.54, 1.807) is 6.07 Å². The van der Waals surface area contributed by atoms with Gasteiger partial charge in [0.2, 0.25) is 0 Å². The molecule has 1 aromatic heterocycles. The van der Waals surface area contributed by atoms with Gasteiger partial charge < -0.3 is 10.6 Å². The lowest BCUT2D eigenvalue weighted by atomic mass is 10.1. The minimum atomic E-state index is -0.306. The van der Waals surface area contributed by atoms with Crippen LogP contribution in [0.25, 0.3) is 0 Å². The third kappa shape index (κ3) is 5.51. The topological polar surface area (TPSA) is 71.1 Å². The van der Waals surface area contributed by atoms with Gasteiger partial charge in [0.05, 0.1) is 0 Å². The number of nitrogens with zero attached hydrogens (tertiary/aromatic N) is 1. The molecule has 5 heteroatoms. The molecule has 2 aromatic carbocycles. The van der Waals surface area contributed by atoms with Crippen molar-refractivity contribution >= 4 is 11.8 Å². The summed E-state index contributed by atoms with van der Waals surface area (Å²) in [5.74, 6) is -0.523. The van der Waals surface area contributed by atoms with Gasteiger partial charge in [-0.25, -0.2) is 0 Å². The predicted octanol–water partition coefficient (Wildman–Crippen LogP) is 3.29. The number of carbonyl (C=O) groups excluding carboxylic acids is 2. The van der Waals surface area contributed by atoms with Gasteiger partial charge in [0.15, 0.2) is 0 Å². The standard InChI is InChI=1S/C23H23N3O2/c1-17-7-9-19(10-8-17)16-26-23(28)21-15-20(12-14-24-21)22(27)25-13-11-18-5-3-2-4-6-18/h2-10,12,14-15H,11,13,16H2,1H3,(H,25,27)(H,26,28). The molecule has 1 heterocycles. The van der Waals surface area contributed by atoms with Crippen molar-refractivity contribution in [2.75, 3.05) is 6.54 Å². The quantitative estimate of drug-likeness (QED) is 0.668. The summed E-state index contributed by atoms with van der Waals surface area (Å²) in [6, 6.07) is 21.0. The molecule has 0 fully saturated rings. The molecule has 142 valence electrons. The predicted molar refractivity (Wildman–Crippen MR) is 109 cm³/mol. The number of aryl methyl sites for hydroxylation is 1. The van der Waals surface area contributed by atoms with Gasteiger partial charge >= 0.3 is 0 Å². The number of hydrogen-bond donors (Lipinski definition) is 2. The number of hydrogen-bond acceptors (Lipinski definition) is 3.